The molecule has 5 heteroatoms. The van der Waals surface area contributed by atoms with Crippen molar-refractivity contribution in [2.75, 3.05) is 13.7 Å². The normalized spacial score (nSPS) is 12.0. The first-order valence-electron chi connectivity index (χ1n) is 5.85. The molecule has 0 aromatic heterocycles. The second-order valence-electron chi connectivity index (χ2n) is 3.98. The predicted octanol–water partition coefficient (Wildman–Crippen LogP) is 2.30. The molecule has 0 saturated carbocycles. The highest BCUT2D eigenvalue weighted by atomic mass is 35.5. The van der Waals surface area contributed by atoms with E-state index in [0.717, 1.165) is 0 Å². The lowest BCUT2D eigenvalue weighted by atomic mass is 10.1. The van der Waals surface area contributed by atoms with Crippen LogP contribution in [0.4, 0.5) is 0 Å². The smallest absolute Gasteiger partial charge is 0.219 e. The Labute approximate surface area is 112 Å². The Hall–Kier alpha value is -1.26. The maximum Gasteiger partial charge on any atom is 0.219 e. The van der Waals surface area contributed by atoms with Crippen molar-refractivity contribution in [2.45, 2.75) is 25.9 Å². The van der Waals surface area contributed by atoms with Crippen LogP contribution in [0.2, 0.25) is 5.02 Å². The van der Waals surface area contributed by atoms with Crippen LogP contribution >= 0.6 is 11.6 Å². The molecule has 1 atom stereocenters. The van der Waals surface area contributed by atoms with Crippen molar-refractivity contribution in [3.63, 3.8) is 0 Å². The molecule has 0 aliphatic carbocycles. The maximum atomic E-state index is 11.0. The van der Waals surface area contributed by atoms with Crippen LogP contribution in [0.25, 0.3) is 0 Å². The van der Waals surface area contributed by atoms with Gasteiger partial charge in [0.15, 0.2) is 0 Å². The molecule has 1 rings (SSSR count). The van der Waals surface area contributed by atoms with Crippen LogP contribution in [0.1, 0.15) is 31.4 Å². The number of amides is 1. The Kier molecular flexibility index (Phi) is 5.95. The molecule has 1 amide bonds. The number of carbonyl (C=O) groups excluding carboxylic acids is 1. The fraction of sp³-hybridized carbons (Fsp3) is 0.462. The van der Waals surface area contributed by atoms with Gasteiger partial charge in [0.2, 0.25) is 5.91 Å². The minimum Gasteiger partial charge on any atom is -0.493 e. The van der Waals surface area contributed by atoms with E-state index in [1.165, 1.54) is 0 Å². The highest BCUT2D eigenvalue weighted by Crippen LogP contribution is 2.28. The molecule has 0 spiro atoms. The number of aliphatic hydroxyl groups excluding tert-OH is 1. The van der Waals surface area contributed by atoms with Crippen LogP contribution in [0, 0.1) is 0 Å². The third-order valence-electron chi connectivity index (χ3n) is 2.51. The standard InChI is InChI=1S/C13H18ClNO3/c1-9(16)11-8-10(14)5-6-12(11)18-7-3-4-13(17)15-2/h5-6,8-9,16H,3-4,7H2,1-2H3,(H,15,17). The van der Waals surface area contributed by atoms with Gasteiger partial charge in [0, 0.05) is 24.1 Å². The van der Waals surface area contributed by atoms with E-state index in [0.29, 0.717) is 35.8 Å². The average Bonchev–Trinajstić information content (AvgIpc) is 2.35. The molecular weight excluding hydrogens is 254 g/mol. The second-order valence-corrected chi connectivity index (χ2v) is 4.42. The van der Waals surface area contributed by atoms with E-state index >= 15 is 0 Å². The van der Waals surface area contributed by atoms with Gasteiger partial charge < -0.3 is 15.2 Å². The van der Waals surface area contributed by atoms with Crippen molar-refractivity contribution in [1.29, 1.82) is 0 Å². The van der Waals surface area contributed by atoms with Gasteiger partial charge in [-0.25, -0.2) is 0 Å². The summed E-state index contributed by atoms with van der Waals surface area (Å²) in [5, 5.41) is 12.7. The largest absolute Gasteiger partial charge is 0.493 e. The lowest BCUT2D eigenvalue weighted by Gasteiger charge is -2.13. The van der Waals surface area contributed by atoms with Gasteiger partial charge in [-0.3, -0.25) is 4.79 Å². The molecule has 0 aliphatic heterocycles. The number of halogens is 1. The van der Waals surface area contributed by atoms with Crippen LogP contribution in [-0.4, -0.2) is 24.7 Å². The van der Waals surface area contributed by atoms with Gasteiger partial charge in [-0.05, 0) is 31.5 Å². The predicted molar refractivity (Wildman–Crippen MR) is 70.9 cm³/mol. The summed E-state index contributed by atoms with van der Waals surface area (Å²) < 4.78 is 5.55. The van der Waals surface area contributed by atoms with Gasteiger partial charge in [0.1, 0.15) is 5.75 Å². The first kappa shape index (κ1) is 14.8. The minimum atomic E-state index is -0.641. The molecular formula is C13H18ClNO3. The van der Waals surface area contributed by atoms with Crippen LogP contribution in [0.3, 0.4) is 0 Å². The van der Waals surface area contributed by atoms with Gasteiger partial charge in [0.05, 0.1) is 12.7 Å². The lowest BCUT2D eigenvalue weighted by Crippen LogP contribution is -2.18. The number of ether oxygens (including phenoxy) is 1. The summed E-state index contributed by atoms with van der Waals surface area (Å²) in [5.74, 6) is 0.594. The molecule has 0 fully saturated rings. The monoisotopic (exact) mass is 271 g/mol. The number of hydrogen-bond acceptors (Lipinski definition) is 3. The van der Waals surface area contributed by atoms with E-state index in [1.54, 1.807) is 32.2 Å². The van der Waals surface area contributed by atoms with Gasteiger partial charge in [-0.2, -0.15) is 0 Å². The van der Waals surface area contributed by atoms with Crippen molar-refractivity contribution in [3.8, 4) is 5.75 Å². The highest BCUT2D eigenvalue weighted by molar-refractivity contribution is 6.30. The molecule has 18 heavy (non-hydrogen) atoms. The number of carbonyl (C=O) groups is 1. The zero-order valence-corrected chi connectivity index (χ0v) is 11.3. The van der Waals surface area contributed by atoms with Crippen LogP contribution < -0.4 is 10.1 Å². The maximum absolute atomic E-state index is 11.0. The molecule has 0 aliphatic rings. The van der Waals surface area contributed by atoms with Crippen LogP contribution in [0.5, 0.6) is 5.75 Å². The highest BCUT2D eigenvalue weighted by Gasteiger charge is 2.10. The fourth-order valence-corrected chi connectivity index (χ4v) is 1.70. The molecule has 1 aromatic rings. The molecule has 1 aromatic carbocycles. The molecule has 100 valence electrons. The summed E-state index contributed by atoms with van der Waals surface area (Å²) in [5.41, 5.74) is 0.655. The lowest BCUT2D eigenvalue weighted by molar-refractivity contribution is -0.120. The third-order valence-corrected chi connectivity index (χ3v) is 2.74. The summed E-state index contributed by atoms with van der Waals surface area (Å²) in [6, 6.07) is 5.12. The number of aliphatic hydroxyl groups is 1. The topological polar surface area (TPSA) is 58.6 Å². The quantitative estimate of drug-likeness (QED) is 0.781. The summed E-state index contributed by atoms with van der Waals surface area (Å²) in [7, 11) is 1.61. The van der Waals surface area contributed by atoms with Gasteiger partial charge >= 0.3 is 0 Å². The zero-order valence-electron chi connectivity index (χ0n) is 10.6. The van der Waals surface area contributed by atoms with Crippen molar-refractivity contribution in [3.05, 3.63) is 28.8 Å². The average molecular weight is 272 g/mol. The van der Waals surface area contributed by atoms with Crippen molar-refractivity contribution in [2.24, 2.45) is 0 Å². The van der Waals surface area contributed by atoms with Gasteiger partial charge in [-0.15, -0.1) is 0 Å². The van der Waals surface area contributed by atoms with Gasteiger partial charge in [0.25, 0.3) is 0 Å². The van der Waals surface area contributed by atoms with Crippen LogP contribution in [0.15, 0.2) is 18.2 Å². The van der Waals surface area contributed by atoms with E-state index in [2.05, 4.69) is 5.32 Å². The zero-order chi connectivity index (χ0) is 13.5. The Balaban J connectivity index is 2.54. The Bertz CT molecular complexity index is 407. The molecule has 0 radical (unpaired) electrons. The minimum absolute atomic E-state index is 0.00884. The van der Waals surface area contributed by atoms with E-state index < -0.39 is 6.10 Å². The first-order valence-corrected chi connectivity index (χ1v) is 6.23. The summed E-state index contributed by atoms with van der Waals surface area (Å²) in [4.78, 5) is 11.0. The van der Waals surface area contributed by atoms with E-state index in [4.69, 9.17) is 16.3 Å². The van der Waals surface area contributed by atoms with E-state index in [-0.39, 0.29) is 5.91 Å². The Morgan fingerprint density at radius 1 is 1.56 bits per heavy atom. The van der Waals surface area contributed by atoms with Crippen LogP contribution in [-0.2, 0) is 4.79 Å². The van der Waals surface area contributed by atoms with Gasteiger partial charge in [-0.1, -0.05) is 11.6 Å². The second kappa shape index (κ2) is 7.24. The molecule has 0 heterocycles. The third kappa shape index (κ3) is 4.55. The van der Waals surface area contributed by atoms with Crippen molar-refractivity contribution < 1.29 is 14.6 Å². The van der Waals surface area contributed by atoms with E-state index in [1.807, 2.05) is 0 Å². The van der Waals surface area contributed by atoms with Crippen molar-refractivity contribution in [1.82, 2.24) is 5.32 Å². The molecule has 1 unspecified atom stereocenters. The summed E-state index contributed by atoms with van der Waals surface area (Å²) in [6.07, 6.45) is 0.410. The first-order chi connectivity index (χ1) is 8.54. The number of hydrogen-bond donors (Lipinski definition) is 2. The molecule has 2 N–H and O–H groups in total. The van der Waals surface area contributed by atoms with E-state index in [9.17, 15) is 9.90 Å². The number of rotatable bonds is 6. The molecule has 4 nitrogen and oxygen atoms in total. The summed E-state index contributed by atoms with van der Waals surface area (Å²) >= 11 is 5.86. The Morgan fingerprint density at radius 2 is 2.28 bits per heavy atom. The SMILES string of the molecule is CNC(=O)CCCOc1ccc(Cl)cc1C(C)O. The Morgan fingerprint density at radius 3 is 2.89 bits per heavy atom. The fourth-order valence-electron chi connectivity index (χ4n) is 1.52. The van der Waals surface area contributed by atoms with Crippen molar-refractivity contribution >= 4 is 17.5 Å². The summed E-state index contributed by atoms with van der Waals surface area (Å²) in [6.45, 7) is 2.08. The molecule has 0 bridgehead atoms. The number of nitrogens with one attached hydrogen (secondary N) is 1. The molecule has 0 saturated heterocycles. The number of benzene rings is 1.